The molecule has 0 aliphatic carbocycles. The molecule has 5 nitrogen and oxygen atoms in total. The van der Waals surface area contributed by atoms with Gasteiger partial charge in [-0.25, -0.2) is 0 Å². The highest BCUT2D eigenvalue weighted by atomic mass is 35.5. The number of ether oxygens (including phenoxy) is 2. The van der Waals surface area contributed by atoms with Crippen molar-refractivity contribution in [3.63, 3.8) is 0 Å². The summed E-state index contributed by atoms with van der Waals surface area (Å²) < 4.78 is 11.2. The fourth-order valence-corrected chi connectivity index (χ4v) is 3.35. The Bertz CT molecular complexity index is 979. The summed E-state index contributed by atoms with van der Waals surface area (Å²) in [7, 11) is 1.59. The van der Waals surface area contributed by atoms with Gasteiger partial charge in [-0.1, -0.05) is 43.1 Å². The molecule has 0 saturated heterocycles. The molecule has 0 bridgehead atoms. The van der Waals surface area contributed by atoms with Crippen LogP contribution in [-0.2, 0) is 4.79 Å². The minimum Gasteiger partial charge on any atom is -0.493 e. The van der Waals surface area contributed by atoms with Crippen molar-refractivity contribution in [2.24, 2.45) is 11.0 Å². The second kappa shape index (κ2) is 8.89. The van der Waals surface area contributed by atoms with E-state index in [1.54, 1.807) is 38.3 Å². The van der Waals surface area contributed by atoms with Crippen molar-refractivity contribution < 1.29 is 14.3 Å². The van der Waals surface area contributed by atoms with E-state index in [1.807, 2.05) is 18.2 Å². The summed E-state index contributed by atoms with van der Waals surface area (Å²) in [6, 6.07) is 10.5. The van der Waals surface area contributed by atoms with Crippen molar-refractivity contribution in [3.05, 3.63) is 57.6 Å². The summed E-state index contributed by atoms with van der Waals surface area (Å²) in [6.07, 6.45) is 1.78. The SMILES string of the molecule is COc1cc(C=C2C(=O)N(c3cc(Cl)cc(Cl)c3)N=C2C)ccc1OCC(C)C. The van der Waals surface area contributed by atoms with Crippen LogP contribution in [0.1, 0.15) is 26.3 Å². The first-order valence-electron chi connectivity index (χ1n) is 9.17. The Morgan fingerprint density at radius 2 is 1.79 bits per heavy atom. The molecular formula is C22H22Cl2N2O3. The number of rotatable bonds is 6. The number of methoxy groups -OCH3 is 1. The fourth-order valence-electron chi connectivity index (χ4n) is 2.84. The molecular weight excluding hydrogens is 411 g/mol. The van der Waals surface area contributed by atoms with E-state index in [0.717, 1.165) is 5.56 Å². The molecule has 152 valence electrons. The zero-order valence-corrected chi connectivity index (χ0v) is 18.2. The molecule has 0 spiro atoms. The molecule has 0 aromatic heterocycles. The number of nitrogens with zero attached hydrogens (tertiary/aromatic N) is 2. The Kier molecular flexibility index (Phi) is 6.50. The van der Waals surface area contributed by atoms with Gasteiger partial charge in [0.25, 0.3) is 5.91 Å². The molecule has 29 heavy (non-hydrogen) atoms. The van der Waals surface area contributed by atoms with Gasteiger partial charge in [0, 0.05) is 10.0 Å². The monoisotopic (exact) mass is 432 g/mol. The Morgan fingerprint density at radius 1 is 1.10 bits per heavy atom. The van der Waals surface area contributed by atoms with Gasteiger partial charge in [-0.2, -0.15) is 10.1 Å². The Morgan fingerprint density at radius 3 is 2.41 bits per heavy atom. The predicted molar refractivity (Wildman–Crippen MR) is 118 cm³/mol. The van der Waals surface area contributed by atoms with Crippen LogP contribution in [0.15, 0.2) is 47.1 Å². The summed E-state index contributed by atoms with van der Waals surface area (Å²) in [6.45, 7) is 6.54. The molecule has 1 heterocycles. The van der Waals surface area contributed by atoms with Crippen LogP contribution in [0.5, 0.6) is 11.5 Å². The Balaban J connectivity index is 1.89. The highest BCUT2D eigenvalue weighted by Gasteiger charge is 2.29. The molecule has 0 fully saturated rings. The van der Waals surface area contributed by atoms with Gasteiger partial charge in [0.15, 0.2) is 11.5 Å². The maximum absolute atomic E-state index is 12.9. The zero-order valence-electron chi connectivity index (χ0n) is 16.7. The van der Waals surface area contributed by atoms with Crippen LogP contribution >= 0.6 is 23.2 Å². The van der Waals surface area contributed by atoms with E-state index in [0.29, 0.717) is 51.0 Å². The summed E-state index contributed by atoms with van der Waals surface area (Å²) in [4.78, 5) is 12.9. The van der Waals surface area contributed by atoms with Crippen molar-refractivity contribution in [1.82, 2.24) is 0 Å². The molecule has 0 saturated carbocycles. The number of hydrogen-bond acceptors (Lipinski definition) is 4. The van der Waals surface area contributed by atoms with Crippen LogP contribution in [0.4, 0.5) is 5.69 Å². The Labute approximate surface area is 180 Å². The number of carbonyl (C=O) groups excluding carboxylic acids is 1. The molecule has 1 aliphatic heterocycles. The first-order chi connectivity index (χ1) is 13.8. The number of halogens is 2. The van der Waals surface area contributed by atoms with E-state index in [1.165, 1.54) is 5.01 Å². The minimum absolute atomic E-state index is 0.250. The molecule has 7 heteroatoms. The molecule has 2 aromatic carbocycles. The van der Waals surface area contributed by atoms with E-state index in [-0.39, 0.29) is 5.91 Å². The third-order valence-corrected chi connectivity index (χ3v) is 4.66. The summed E-state index contributed by atoms with van der Waals surface area (Å²) in [5.74, 6) is 1.43. The third kappa shape index (κ3) is 4.92. The molecule has 1 aliphatic rings. The van der Waals surface area contributed by atoms with Gasteiger partial charge in [0.1, 0.15) is 0 Å². The van der Waals surface area contributed by atoms with E-state index < -0.39 is 0 Å². The van der Waals surface area contributed by atoms with Gasteiger partial charge >= 0.3 is 0 Å². The second-order valence-corrected chi connectivity index (χ2v) is 7.98. The van der Waals surface area contributed by atoms with Gasteiger partial charge in [-0.15, -0.1) is 0 Å². The molecule has 0 atom stereocenters. The maximum atomic E-state index is 12.9. The lowest BCUT2D eigenvalue weighted by Gasteiger charge is -2.13. The smallest absolute Gasteiger partial charge is 0.280 e. The lowest BCUT2D eigenvalue weighted by Crippen LogP contribution is -2.21. The summed E-state index contributed by atoms with van der Waals surface area (Å²) >= 11 is 12.1. The fraction of sp³-hybridized carbons (Fsp3) is 0.273. The van der Waals surface area contributed by atoms with Crippen molar-refractivity contribution in [2.75, 3.05) is 18.7 Å². The number of amides is 1. The summed E-state index contributed by atoms with van der Waals surface area (Å²) in [5.41, 5.74) is 2.41. The van der Waals surface area contributed by atoms with Crippen LogP contribution in [0.2, 0.25) is 10.0 Å². The normalized spacial score (nSPS) is 15.3. The van der Waals surface area contributed by atoms with E-state index in [4.69, 9.17) is 32.7 Å². The van der Waals surface area contributed by atoms with Crippen LogP contribution < -0.4 is 14.5 Å². The predicted octanol–water partition coefficient (Wildman–Crippen LogP) is 5.84. The van der Waals surface area contributed by atoms with E-state index in [9.17, 15) is 4.79 Å². The van der Waals surface area contributed by atoms with Crippen LogP contribution in [0, 0.1) is 5.92 Å². The van der Waals surface area contributed by atoms with E-state index >= 15 is 0 Å². The van der Waals surface area contributed by atoms with Gasteiger partial charge in [-0.05, 0) is 54.8 Å². The molecule has 0 radical (unpaired) electrons. The highest BCUT2D eigenvalue weighted by Crippen LogP contribution is 2.32. The topological polar surface area (TPSA) is 51.1 Å². The van der Waals surface area contributed by atoms with Crippen molar-refractivity contribution >= 4 is 46.6 Å². The lowest BCUT2D eigenvalue weighted by atomic mass is 10.1. The molecule has 0 N–H and O–H groups in total. The number of hydrazone groups is 1. The van der Waals surface area contributed by atoms with E-state index in [2.05, 4.69) is 18.9 Å². The van der Waals surface area contributed by atoms with Crippen LogP contribution in [-0.4, -0.2) is 25.3 Å². The van der Waals surface area contributed by atoms with Gasteiger partial charge in [-0.3, -0.25) is 4.79 Å². The average Bonchev–Trinajstić information content (AvgIpc) is 2.94. The largest absolute Gasteiger partial charge is 0.493 e. The van der Waals surface area contributed by atoms with Crippen LogP contribution in [0.3, 0.4) is 0 Å². The maximum Gasteiger partial charge on any atom is 0.280 e. The van der Waals surface area contributed by atoms with Gasteiger partial charge in [0.05, 0.1) is 30.7 Å². The highest BCUT2D eigenvalue weighted by molar-refractivity contribution is 6.36. The number of anilines is 1. The lowest BCUT2D eigenvalue weighted by molar-refractivity contribution is -0.114. The Hall–Kier alpha value is -2.50. The first-order valence-corrected chi connectivity index (χ1v) is 9.92. The standard InChI is InChI=1S/C22H22Cl2N2O3/c1-13(2)12-29-20-6-5-15(8-21(20)28-4)7-19-14(3)25-26(22(19)27)18-10-16(23)9-17(24)11-18/h5-11,13H,12H2,1-4H3. The van der Waals surface area contributed by atoms with Crippen molar-refractivity contribution in [2.45, 2.75) is 20.8 Å². The van der Waals surface area contributed by atoms with Crippen LogP contribution in [0.25, 0.3) is 6.08 Å². The molecule has 1 amide bonds. The molecule has 0 unspecified atom stereocenters. The van der Waals surface area contributed by atoms with Crippen molar-refractivity contribution in [1.29, 1.82) is 0 Å². The molecule has 2 aromatic rings. The second-order valence-electron chi connectivity index (χ2n) is 7.10. The molecule has 3 rings (SSSR count). The first kappa shape index (κ1) is 21.2. The quantitative estimate of drug-likeness (QED) is 0.538. The van der Waals surface area contributed by atoms with Gasteiger partial charge in [0.2, 0.25) is 0 Å². The van der Waals surface area contributed by atoms with Crippen molar-refractivity contribution in [3.8, 4) is 11.5 Å². The number of benzene rings is 2. The number of carbonyl (C=O) groups is 1. The van der Waals surface area contributed by atoms with Gasteiger partial charge < -0.3 is 9.47 Å². The average molecular weight is 433 g/mol. The minimum atomic E-state index is -0.250. The number of hydrogen-bond donors (Lipinski definition) is 0. The zero-order chi connectivity index (χ0) is 21.1. The summed E-state index contributed by atoms with van der Waals surface area (Å²) in [5, 5.41) is 6.54. The third-order valence-electron chi connectivity index (χ3n) is 4.23.